The summed E-state index contributed by atoms with van der Waals surface area (Å²) in [7, 11) is 0. The van der Waals surface area contributed by atoms with Crippen molar-refractivity contribution in [3.63, 3.8) is 0 Å². The third kappa shape index (κ3) is 4.19. The molecular formula is C9H5Cl5NO-. The Morgan fingerprint density at radius 1 is 1.19 bits per heavy atom. The molecule has 0 aromatic heterocycles. The summed E-state index contributed by atoms with van der Waals surface area (Å²) in [5.41, 5.74) is 0.706. The number of alkyl halides is 3. The number of hydrogen-bond acceptors (Lipinski definition) is 2. The molecule has 0 saturated carbocycles. The van der Waals surface area contributed by atoms with Crippen molar-refractivity contribution < 1.29 is 5.11 Å². The molecule has 0 aliphatic heterocycles. The minimum atomic E-state index is -2.02. The van der Waals surface area contributed by atoms with Crippen LogP contribution in [0.2, 0.25) is 10.0 Å². The molecule has 0 radical (unpaired) electrons. The van der Waals surface area contributed by atoms with E-state index in [0.717, 1.165) is 0 Å². The average Bonchev–Trinajstić information content (AvgIpc) is 2.18. The van der Waals surface area contributed by atoms with Crippen LogP contribution < -0.4 is 5.11 Å². The molecule has 88 valence electrons. The van der Waals surface area contributed by atoms with Gasteiger partial charge in [-0.25, -0.2) is 0 Å². The van der Waals surface area contributed by atoms with Crippen molar-refractivity contribution in [3.8, 4) is 0 Å². The Morgan fingerprint density at radius 3 is 2.31 bits per heavy atom. The molecular weight excluding hydrogens is 315 g/mol. The van der Waals surface area contributed by atoms with E-state index >= 15 is 0 Å². The summed E-state index contributed by atoms with van der Waals surface area (Å²) >= 11 is 27.5. The standard InChI is InChI=1S/C9H6Cl5NO/c10-6-2-1-5(3-7(6)11)4-15-8(16)9(12,13)14/h1-3H,4H2,(H,15,16)/p-1. The van der Waals surface area contributed by atoms with Crippen molar-refractivity contribution in [2.75, 3.05) is 0 Å². The van der Waals surface area contributed by atoms with Gasteiger partial charge in [-0.15, -0.1) is 0 Å². The lowest BCUT2D eigenvalue weighted by Crippen LogP contribution is -2.32. The van der Waals surface area contributed by atoms with Crippen LogP contribution in [-0.2, 0) is 6.54 Å². The average molecular weight is 320 g/mol. The van der Waals surface area contributed by atoms with Gasteiger partial charge in [-0.2, -0.15) is 0 Å². The van der Waals surface area contributed by atoms with Crippen LogP contribution in [0.5, 0.6) is 0 Å². The van der Waals surface area contributed by atoms with Gasteiger partial charge in [0.15, 0.2) is 0 Å². The number of halogens is 5. The van der Waals surface area contributed by atoms with Gasteiger partial charge in [0.05, 0.1) is 16.6 Å². The third-order valence-corrected chi connectivity index (χ3v) is 2.86. The number of nitrogens with zero attached hydrogens (tertiary/aromatic N) is 1. The van der Waals surface area contributed by atoms with Crippen LogP contribution in [0.3, 0.4) is 0 Å². The molecule has 0 unspecified atom stereocenters. The van der Waals surface area contributed by atoms with E-state index in [9.17, 15) is 5.11 Å². The first kappa shape index (κ1) is 14.2. The minimum absolute atomic E-state index is 0.0869. The molecule has 0 N–H and O–H groups in total. The molecule has 0 aliphatic rings. The molecule has 1 rings (SSSR count). The maximum atomic E-state index is 11.2. The van der Waals surface area contributed by atoms with Gasteiger partial charge in [-0.05, 0) is 17.7 Å². The third-order valence-electron chi connectivity index (χ3n) is 1.63. The summed E-state index contributed by atoms with van der Waals surface area (Å²) in [6.07, 6.45) is 0. The lowest BCUT2D eigenvalue weighted by Gasteiger charge is -2.18. The Balaban J connectivity index is 2.79. The Hall–Kier alpha value is 0.140. The molecule has 0 spiro atoms. The molecule has 0 heterocycles. The molecule has 1 aromatic rings. The molecule has 0 atom stereocenters. The second-order valence-electron chi connectivity index (χ2n) is 2.87. The Labute approximate surface area is 118 Å². The van der Waals surface area contributed by atoms with Crippen molar-refractivity contribution in [2.24, 2.45) is 4.99 Å². The van der Waals surface area contributed by atoms with Crippen LogP contribution in [0.4, 0.5) is 0 Å². The summed E-state index contributed by atoms with van der Waals surface area (Å²) in [6, 6.07) is 4.89. The number of hydrogen-bond donors (Lipinski definition) is 0. The van der Waals surface area contributed by atoms with Crippen molar-refractivity contribution in [2.45, 2.75) is 10.3 Å². The fourth-order valence-corrected chi connectivity index (χ4v) is 1.39. The van der Waals surface area contributed by atoms with E-state index in [4.69, 9.17) is 58.0 Å². The highest BCUT2D eigenvalue weighted by molar-refractivity contribution is 6.75. The van der Waals surface area contributed by atoms with Gasteiger partial charge in [0.25, 0.3) is 0 Å². The quantitative estimate of drug-likeness (QED) is 0.466. The normalized spacial score (nSPS) is 12.9. The van der Waals surface area contributed by atoms with E-state index in [1.165, 1.54) is 0 Å². The Bertz CT molecular complexity index is 413. The molecule has 0 fully saturated rings. The van der Waals surface area contributed by atoms with E-state index in [-0.39, 0.29) is 6.54 Å². The summed E-state index contributed by atoms with van der Waals surface area (Å²) in [4.78, 5) is 3.60. The van der Waals surface area contributed by atoms with Crippen LogP contribution in [0.1, 0.15) is 5.56 Å². The molecule has 0 saturated heterocycles. The summed E-state index contributed by atoms with van der Waals surface area (Å²) < 4.78 is -2.02. The second kappa shape index (κ2) is 5.65. The molecule has 0 amide bonds. The maximum absolute atomic E-state index is 11.2. The van der Waals surface area contributed by atoms with Gasteiger partial charge in [0.2, 0.25) is 3.79 Å². The number of rotatable bonds is 2. The first-order valence-electron chi connectivity index (χ1n) is 4.03. The van der Waals surface area contributed by atoms with Gasteiger partial charge >= 0.3 is 0 Å². The predicted molar refractivity (Wildman–Crippen MR) is 67.9 cm³/mol. The summed E-state index contributed by atoms with van der Waals surface area (Å²) in [5.74, 6) is -0.816. The molecule has 7 heteroatoms. The summed E-state index contributed by atoms with van der Waals surface area (Å²) in [6.45, 7) is 0.0869. The monoisotopic (exact) mass is 318 g/mol. The van der Waals surface area contributed by atoms with E-state index in [2.05, 4.69) is 4.99 Å². The zero-order chi connectivity index (χ0) is 12.3. The first-order chi connectivity index (χ1) is 7.30. The zero-order valence-corrected chi connectivity index (χ0v) is 11.5. The number of benzene rings is 1. The Kier molecular flexibility index (Phi) is 5.02. The Morgan fingerprint density at radius 2 is 1.81 bits per heavy atom. The highest BCUT2D eigenvalue weighted by Gasteiger charge is 2.19. The molecule has 16 heavy (non-hydrogen) atoms. The SMILES string of the molecule is [O-]C(=NCc1ccc(Cl)c(Cl)c1)C(Cl)(Cl)Cl. The van der Waals surface area contributed by atoms with E-state index in [0.29, 0.717) is 15.6 Å². The number of aliphatic imine (C=N–C) groups is 1. The second-order valence-corrected chi connectivity index (χ2v) is 5.96. The van der Waals surface area contributed by atoms with Crippen molar-refractivity contribution in [3.05, 3.63) is 33.8 Å². The van der Waals surface area contributed by atoms with Crippen LogP contribution >= 0.6 is 58.0 Å². The summed E-state index contributed by atoms with van der Waals surface area (Å²) in [5, 5.41) is 12.0. The van der Waals surface area contributed by atoms with Crippen LogP contribution in [0.15, 0.2) is 23.2 Å². The van der Waals surface area contributed by atoms with Crippen molar-refractivity contribution in [1.82, 2.24) is 0 Å². The van der Waals surface area contributed by atoms with Gasteiger partial charge in [0.1, 0.15) is 0 Å². The largest absolute Gasteiger partial charge is 0.859 e. The zero-order valence-electron chi connectivity index (χ0n) is 7.68. The maximum Gasteiger partial charge on any atom is 0.218 e. The molecule has 0 aliphatic carbocycles. The van der Waals surface area contributed by atoms with Gasteiger partial charge in [0, 0.05) is 5.90 Å². The van der Waals surface area contributed by atoms with E-state index in [1.54, 1.807) is 18.2 Å². The van der Waals surface area contributed by atoms with Crippen molar-refractivity contribution in [1.29, 1.82) is 0 Å². The lowest BCUT2D eigenvalue weighted by atomic mass is 10.2. The van der Waals surface area contributed by atoms with Crippen LogP contribution in [0.25, 0.3) is 0 Å². The van der Waals surface area contributed by atoms with Crippen LogP contribution in [0, 0.1) is 0 Å². The highest BCUT2D eigenvalue weighted by Crippen LogP contribution is 2.26. The van der Waals surface area contributed by atoms with Gasteiger partial charge in [-0.3, -0.25) is 4.99 Å². The topological polar surface area (TPSA) is 35.4 Å². The smallest absolute Gasteiger partial charge is 0.218 e. The van der Waals surface area contributed by atoms with Gasteiger partial charge < -0.3 is 5.11 Å². The molecule has 0 bridgehead atoms. The fraction of sp³-hybridized carbons (Fsp3) is 0.222. The molecule has 1 aromatic carbocycles. The first-order valence-corrected chi connectivity index (χ1v) is 5.92. The lowest BCUT2D eigenvalue weighted by molar-refractivity contribution is -0.218. The highest BCUT2D eigenvalue weighted by atomic mass is 35.6. The fourth-order valence-electron chi connectivity index (χ4n) is 0.891. The van der Waals surface area contributed by atoms with E-state index in [1.807, 2.05) is 0 Å². The minimum Gasteiger partial charge on any atom is -0.859 e. The van der Waals surface area contributed by atoms with E-state index < -0.39 is 9.69 Å². The molecule has 2 nitrogen and oxygen atoms in total. The van der Waals surface area contributed by atoms with Gasteiger partial charge in [-0.1, -0.05) is 64.1 Å². The van der Waals surface area contributed by atoms with Crippen LogP contribution in [-0.4, -0.2) is 9.69 Å². The van der Waals surface area contributed by atoms with Crippen molar-refractivity contribution >= 4 is 63.9 Å². The predicted octanol–water partition coefficient (Wildman–Crippen LogP) is 3.62.